The summed E-state index contributed by atoms with van der Waals surface area (Å²) >= 11 is 0. The second-order valence-electron chi connectivity index (χ2n) is 9.99. The molecule has 1 amide bonds. The van der Waals surface area contributed by atoms with Crippen LogP contribution in [0.5, 0.6) is 0 Å². The van der Waals surface area contributed by atoms with Gasteiger partial charge < -0.3 is 10.2 Å². The standard InChI is InChI=1S/C23H36F2N2O/c1-8-15-18(24)21(27-12-10-11-23(6,7)14-27)19(25)16(9-2)20(15)26-17(28)13-22(3,4)5/h8-14H2,1-7H3,(H,26,28). The molecule has 1 fully saturated rings. The maximum atomic E-state index is 15.5. The zero-order chi connectivity index (χ0) is 21.3. The number of nitrogens with one attached hydrogen (secondary N) is 1. The zero-order valence-electron chi connectivity index (χ0n) is 18.6. The van der Waals surface area contributed by atoms with E-state index < -0.39 is 11.6 Å². The maximum absolute atomic E-state index is 15.5. The summed E-state index contributed by atoms with van der Waals surface area (Å²) in [6.45, 7) is 15.2. The maximum Gasteiger partial charge on any atom is 0.224 e. The molecule has 1 heterocycles. The van der Waals surface area contributed by atoms with Gasteiger partial charge in [-0.25, -0.2) is 8.78 Å². The van der Waals surface area contributed by atoms with Crippen molar-refractivity contribution >= 4 is 17.3 Å². The molecule has 1 aliphatic rings. The fourth-order valence-corrected chi connectivity index (χ4v) is 4.16. The lowest BCUT2D eigenvalue weighted by atomic mass is 9.83. The van der Waals surface area contributed by atoms with E-state index in [0.29, 0.717) is 49.2 Å². The molecule has 1 saturated heterocycles. The molecule has 0 atom stereocenters. The van der Waals surface area contributed by atoms with Crippen molar-refractivity contribution in [2.24, 2.45) is 10.8 Å². The Morgan fingerprint density at radius 1 is 1.11 bits per heavy atom. The Bertz CT molecular complexity index is 704. The lowest BCUT2D eigenvalue weighted by molar-refractivity contribution is -0.117. The topological polar surface area (TPSA) is 32.3 Å². The van der Waals surface area contributed by atoms with E-state index in [0.717, 1.165) is 12.8 Å². The van der Waals surface area contributed by atoms with Crippen LogP contribution in [0.4, 0.5) is 20.2 Å². The van der Waals surface area contributed by atoms with Crippen LogP contribution in [0.3, 0.4) is 0 Å². The highest BCUT2D eigenvalue weighted by molar-refractivity contribution is 5.93. The number of amides is 1. The van der Waals surface area contributed by atoms with Gasteiger partial charge in [0.2, 0.25) is 5.91 Å². The van der Waals surface area contributed by atoms with Gasteiger partial charge in [0.25, 0.3) is 0 Å². The van der Waals surface area contributed by atoms with Crippen molar-refractivity contribution in [3.05, 3.63) is 22.8 Å². The second-order valence-corrected chi connectivity index (χ2v) is 9.99. The first-order valence-corrected chi connectivity index (χ1v) is 10.5. The molecule has 0 unspecified atom stereocenters. The smallest absolute Gasteiger partial charge is 0.224 e. The van der Waals surface area contributed by atoms with Gasteiger partial charge in [-0.1, -0.05) is 48.5 Å². The molecule has 3 nitrogen and oxygen atoms in total. The van der Waals surface area contributed by atoms with Crippen molar-refractivity contribution < 1.29 is 13.6 Å². The normalized spacial score (nSPS) is 17.0. The molecule has 0 radical (unpaired) electrons. The summed E-state index contributed by atoms with van der Waals surface area (Å²) in [4.78, 5) is 14.3. The molecule has 158 valence electrons. The molecular formula is C23H36F2N2O. The number of carbonyl (C=O) groups excluding carboxylic acids is 1. The number of hydrogen-bond acceptors (Lipinski definition) is 2. The molecule has 0 aliphatic carbocycles. The number of nitrogens with zero attached hydrogens (tertiary/aromatic N) is 1. The highest BCUT2D eigenvalue weighted by Gasteiger charge is 2.33. The van der Waals surface area contributed by atoms with Gasteiger partial charge in [0.05, 0.1) is 5.69 Å². The molecule has 28 heavy (non-hydrogen) atoms. The monoisotopic (exact) mass is 394 g/mol. The Balaban J connectivity index is 2.53. The van der Waals surface area contributed by atoms with Crippen molar-refractivity contribution in [2.45, 2.75) is 80.6 Å². The Morgan fingerprint density at radius 3 is 2.07 bits per heavy atom. The Kier molecular flexibility index (Phi) is 6.78. The van der Waals surface area contributed by atoms with Gasteiger partial charge in [-0.15, -0.1) is 0 Å². The van der Waals surface area contributed by atoms with Crippen LogP contribution in [0, 0.1) is 22.5 Å². The molecular weight excluding hydrogens is 358 g/mol. The molecule has 2 rings (SSSR count). The number of carbonyl (C=O) groups is 1. The first kappa shape index (κ1) is 22.6. The molecule has 1 N–H and O–H groups in total. The van der Waals surface area contributed by atoms with E-state index in [1.165, 1.54) is 0 Å². The number of piperidine rings is 1. The predicted octanol–water partition coefficient (Wildman–Crippen LogP) is 6.09. The van der Waals surface area contributed by atoms with Crippen molar-refractivity contribution in [3.8, 4) is 0 Å². The van der Waals surface area contributed by atoms with Gasteiger partial charge >= 0.3 is 0 Å². The summed E-state index contributed by atoms with van der Waals surface area (Å²) in [6.07, 6.45) is 3.06. The minimum absolute atomic E-state index is 0.0233. The van der Waals surface area contributed by atoms with Crippen molar-refractivity contribution in [1.82, 2.24) is 0 Å². The van der Waals surface area contributed by atoms with Gasteiger partial charge in [-0.05, 0) is 36.5 Å². The SMILES string of the molecule is CCc1c(F)c(N2CCCC(C)(C)C2)c(F)c(CC)c1NC(=O)CC(C)(C)C. The average molecular weight is 395 g/mol. The summed E-state index contributed by atoms with van der Waals surface area (Å²) in [5.74, 6) is -1.26. The largest absolute Gasteiger partial charge is 0.366 e. The van der Waals surface area contributed by atoms with Crippen LogP contribution in [-0.2, 0) is 17.6 Å². The first-order chi connectivity index (χ1) is 12.9. The third kappa shape index (κ3) is 5.03. The molecule has 1 aromatic carbocycles. The van der Waals surface area contributed by atoms with Crippen LogP contribution >= 0.6 is 0 Å². The van der Waals surface area contributed by atoms with Crippen LogP contribution in [0.1, 0.15) is 78.9 Å². The molecule has 1 aromatic rings. The quantitative estimate of drug-likeness (QED) is 0.655. The fourth-order valence-electron chi connectivity index (χ4n) is 4.16. The third-order valence-electron chi connectivity index (χ3n) is 5.43. The molecule has 0 aromatic heterocycles. The summed E-state index contributed by atoms with van der Waals surface area (Å²) in [6, 6.07) is 0. The highest BCUT2D eigenvalue weighted by Crippen LogP contribution is 2.40. The number of benzene rings is 1. The van der Waals surface area contributed by atoms with Gasteiger partial charge in [-0.3, -0.25) is 4.79 Å². The number of anilines is 2. The van der Waals surface area contributed by atoms with Gasteiger partial charge in [0, 0.05) is 30.6 Å². The molecule has 0 spiro atoms. The summed E-state index contributed by atoms with van der Waals surface area (Å²) in [7, 11) is 0. The van der Waals surface area contributed by atoms with Crippen LogP contribution in [0.2, 0.25) is 0 Å². The lowest BCUT2D eigenvalue weighted by Gasteiger charge is -2.40. The fraction of sp³-hybridized carbons (Fsp3) is 0.696. The number of halogens is 2. The van der Waals surface area contributed by atoms with E-state index in [-0.39, 0.29) is 22.4 Å². The molecule has 5 heteroatoms. The van der Waals surface area contributed by atoms with Crippen LogP contribution < -0.4 is 10.2 Å². The van der Waals surface area contributed by atoms with Crippen LogP contribution in [0.25, 0.3) is 0 Å². The Hall–Kier alpha value is -1.65. The lowest BCUT2D eigenvalue weighted by Crippen LogP contribution is -2.41. The Labute approximate surface area is 168 Å². The molecule has 0 bridgehead atoms. The zero-order valence-corrected chi connectivity index (χ0v) is 18.6. The minimum Gasteiger partial charge on any atom is -0.366 e. The predicted molar refractivity (Wildman–Crippen MR) is 113 cm³/mol. The van der Waals surface area contributed by atoms with Crippen LogP contribution in [0.15, 0.2) is 0 Å². The number of rotatable bonds is 5. The number of hydrogen-bond donors (Lipinski definition) is 1. The first-order valence-electron chi connectivity index (χ1n) is 10.5. The summed E-state index contributed by atoms with van der Waals surface area (Å²) in [5.41, 5.74) is 1.04. The van der Waals surface area contributed by atoms with E-state index in [2.05, 4.69) is 19.2 Å². The second kappa shape index (κ2) is 8.38. The van der Waals surface area contributed by atoms with Gasteiger partial charge in [0.1, 0.15) is 5.69 Å². The minimum atomic E-state index is -0.527. The van der Waals surface area contributed by atoms with E-state index in [9.17, 15) is 4.79 Å². The average Bonchev–Trinajstić information content (AvgIpc) is 2.52. The van der Waals surface area contributed by atoms with E-state index >= 15 is 8.78 Å². The van der Waals surface area contributed by atoms with E-state index in [1.54, 1.807) is 0 Å². The molecule has 1 aliphatic heterocycles. The van der Waals surface area contributed by atoms with E-state index in [1.807, 2.05) is 39.5 Å². The van der Waals surface area contributed by atoms with Gasteiger partial charge in [-0.2, -0.15) is 0 Å². The summed E-state index contributed by atoms with van der Waals surface area (Å²) < 4.78 is 31.0. The van der Waals surface area contributed by atoms with Crippen molar-refractivity contribution in [1.29, 1.82) is 0 Å². The highest BCUT2D eigenvalue weighted by atomic mass is 19.1. The van der Waals surface area contributed by atoms with Gasteiger partial charge in [0.15, 0.2) is 11.6 Å². The molecule has 0 saturated carbocycles. The summed E-state index contributed by atoms with van der Waals surface area (Å²) in [5, 5.41) is 2.83. The van der Waals surface area contributed by atoms with Crippen molar-refractivity contribution in [2.75, 3.05) is 23.3 Å². The third-order valence-corrected chi connectivity index (χ3v) is 5.43. The Morgan fingerprint density at radius 2 is 1.64 bits per heavy atom. The van der Waals surface area contributed by atoms with Crippen molar-refractivity contribution in [3.63, 3.8) is 0 Å². The van der Waals surface area contributed by atoms with E-state index in [4.69, 9.17) is 0 Å². The van der Waals surface area contributed by atoms with Crippen LogP contribution in [-0.4, -0.2) is 19.0 Å².